The minimum atomic E-state index is -2.11. The SMILES string of the molecule is CCOC(=O)C1(C#N)C(NC(C)(C)C)=C(C(=O)OC)C(C(=O)OC)=C1c1ccccc1. The van der Waals surface area contributed by atoms with Crippen LogP contribution in [0.3, 0.4) is 0 Å². The lowest BCUT2D eigenvalue weighted by Crippen LogP contribution is -2.45. The molecular weight excluding hydrogens is 400 g/mol. The maximum atomic E-state index is 13.3. The number of carbonyl (C=O) groups excluding carboxylic acids is 3. The number of nitrogens with zero attached hydrogens (tertiary/aromatic N) is 1. The van der Waals surface area contributed by atoms with Crippen molar-refractivity contribution in [2.75, 3.05) is 20.8 Å². The van der Waals surface area contributed by atoms with Gasteiger partial charge in [0.05, 0.1) is 43.7 Å². The van der Waals surface area contributed by atoms with Gasteiger partial charge in [-0.1, -0.05) is 30.3 Å². The molecule has 0 aliphatic heterocycles. The van der Waals surface area contributed by atoms with Crippen LogP contribution in [0.2, 0.25) is 0 Å². The molecule has 0 amide bonds. The van der Waals surface area contributed by atoms with Gasteiger partial charge in [0.2, 0.25) is 5.41 Å². The Morgan fingerprint density at radius 2 is 1.58 bits per heavy atom. The van der Waals surface area contributed by atoms with Crippen molar-refractivity contribution in [3.05, 3.63) is 52.7 Å². The van der Waals surface area contributed by atoms with Gasteiger partial charge in [-0.2, -0.15) is 5.26 Å². The van der Waals surface area contributed by atoms with Gasteiger partial charge in [0.1, 0.15) is 0 Å². The second kappa shape index (κ2) is 9.04. The minimum Gasteiger partial charge on any atom is -0.465 e. The van der Waals surface area contributed by atoms with Crippen molar-refractivity contribution in [1.29, 1.82) is 5.26 Å². The first-order valence-corrected chi connectivity index (χ1v) is 9.67. The number of hydrogen-bond acceptors (Lipinski definition) is 8. The first-order valence-electron chi connectivity index (χ1n) is 9.67. The van der Waals surface area contributed by atoms with E-state index in [1.54, 1.807) is 58.0 Å². The summed E-state index contributed by atoms with van der Waals surface area (Å²) in [5.74, 6) is -2.68. The summed E-state index contributed by atoms with van der Waals surface area (Å²) in [6.45, 7) is 6.97. The summed E-state index contributed by atoms with van der Waals surface area (Å²) in [5.41, 5.74) is -2.93. The molecule has 0 bridgehead atoms. The topological polar surface area (TPSA) is 115 Å². The molecule has 2 rings (SSSR count). The van der Waals surface area contributed by atoms with Crippen molar-refractivity contribution in [3.63, 3.8) is 0 Å². The zero-order valence-corrected chi connectivity index (χ0v) is 18.5. The fourth-order valence-corrected chi connectivity index (χ4v) is 3.46. The molecule has 8 heteroatoms. The van der Waals surface area contributed by atoms with Crippen LogP contribution in [0.1, 0.15) is 33.3 Å². The zero-order valence-electron chi connectivity index (χ0n) is 18.5. The van der Waals surface area contributed by atoms with Crippen LogP contribution in [0, 0.1) is 16.7 Å². The second-order valence-electron chi connectivity index (χ2n) is 7.81. The van der Waals surface area contributed by atoms with Crippen molar-refractivity contribution in [2.24, 2.45) is 5.41 Å². The van der Waals surface area contributed by atoms with Crippen molar-refractivity contribution in [2.45, 2.75) is 33.2 Å². The fraction of sp³-hybridized carbons (Fsp3) is 0.391. The van der Waals surface area contributed by atoms with Gasteiger partial charge in [0, 0.05) is 11.1 Å². The van der Waals surface area contributed by atoms with E-state index in [0.29, 0.717) is 5.56 Å². The molecular formula is C23H26N2O6. The Balaban J connectivity index is 3.10. The third-order valence-electron chi connectivity index (χ3n) is 4.59. The molecule has 0 heterocycles. The first kappa shape index (κ1) is 23.7. The Hall–Kier alpha value is -3.60. The van der Waals surface area contributed by atoms with E-state index >= 15 is 0 Å². The van der Waals surface area contributed by atoms with Crippen LogP contribution in [0.15, 0.2) is 47.2 Å². The maximum absolute atomic E-state index is 13.3. The number of nitrogens with one attached hydrogen (secondary N) is 1. The summed E-state index contributed by atoms with van der Waals surface area (Å²) in [5, 5.41) is 13.5. The van der Waals surface area contributed by atoms with Crippen molar-refractivity contribution < 1.29 is 28.6 Å². The van der Waals surface area contributed by atoms with E-state index < -0.39 is 28.9 Å². The van der Waals surface area contributed by atoms with Crippen LogP contribution in [-0.4, -0.2) is 44.3 Å². The Morgan fingerprint density at radius 1 is 1.03 bits per heavy atom. The molecule has 1 unspecified atom stereocenters. The van der Waals surface area contributed by atoms with Gasteiger partial charge < -0.3 is 19.5 Å². The summed E-state index contributed by atoms with van der Waals surface area (Å²) in [6.07, 6.45) is 0. The Labute approximate surface area is 181 Å². The molecule has 1 aromatic rings. The molecule has 0 aromatic heterocycles. The van der Waals surface area contributed by atoms with Gasteiger partial charge in [-0.3, -0.25) is 0 Å². The summed E-state index contributed by atoms with van der Waals surface area (Å²) in [6, 6.07) is 10.4. The number of esters is 3. The maximum Gasteiger partial charge on any atom is 0.340 e. The molecule has 31 heavy (non-hydrogen) atoms. The van der Waals surface area contributed by atoms with E-state index in [9.17, 15) is 19.6 Å². The zero-order chi connectivity index (χ0) is 23.4. The van der Waals surface area contributed by atoms with Crippen molar-refractivity contribution >= 4 is 23.5 Å². The number of carbonyl (C=O) groups is 3. The van der Waals surface area contributed by atoms with E-state index in [2.05, 4.69) is 5.32 Å². The highest BCUT2D eigenvalue weighted by molar-refractivity contribution is 6.21. The number of methoxy groups -OCH3 is 2. The third-order valence-corrected chi connectivity index (χ3v) is 4.59. The molecule has 164 valence electrons. The Kier molecular flexibility index (Phi) is 6.91. The third kappa shape index (κ3) is 4.17. The Morgan fingerprint density at radius 3 is 2.03 bits per heavy atom. The molecule has 0 saturated heterocycles. The molecule has 1 N–H and O–H groups in total. The normalized spacial score (nSPS) is 18.4. The molecule has 8 nitrogen and oxygen atoms in total. The quantitative estimate of drug-likeness (QED) is 0.545. The van der Waals surface area contributed by atoms with Crippen LogP contribution in [-0.2, 0) is 28.6 Å². The smallest absolute Gasteiger partial charge is 0.340 e. The first-order chi connectivity index (χ1) is 14.6. The van der Waals surface area contributed by atoms with Crippen LogP contribution in [0.4, 0.5) is 0 Å². The molecule has 0 radical (unpaired) electrons. The number of hydrogen-bond donors (Lipinski definition) is 1. The van der Waals surface area contributed by atoms with Crippen LogP contribution in [0.25, 0.3) is 5.57 Å². The van der Waals surface area contributed by atoms with Gasteiger partial charge in [-0.05, 0) is 33.3 Å². The minimum absolute atomic E-state index is 0.00571. The molecule has 1 aromatic carbocycles. The van der Waals surface area contributed by atoms with E-state index in [4.69, 9.17) is 14.2 Å². The highest BCUT2D eigenvalue weighted by atomic mass is 16.5. The number of rotatable bonds is 6. The van der Waals surface area contributed by atoms with Crippen molar-refractivity contribution in [1.82, 2.24) is 5.32 Å². The lowest BCUT2D eigenvalue weighted by molar-refractivity contribution is -0.147. The van der Waals surface area contributed by atoms with Gasteiger partial charge >= 0.3 is 17.9 Å². The van der Waals surface area contributed by atoms with Gasteiger partial charge in [0.15, 0.2) is 0 Å². The van der Waals surface area contributed by atoms with Crippen LogP contribution in [0.5, 0.6) is 0 Å². The lowest BCUT2D eigenvalue weighted by Gasteiger charge is -2.32. The predicted octanol–water partition coefficient (Wildman–Crippen LogP) is 2.52. The van der Waals surface area contributed by atoms with E-state index in [1.807, 2.05) is 6.07 Å². The molecule has 0 saturated carbocycles. The number of nitriles is 1. The monoisotopic (exact) mass is 426 g/mol. The highest BCUT2D eigenvalue weighted by Gasteiger charge is 2.59. The van der Waals surface area contributed by atoms with E-state index in [1.165, 1.54) is 0 Å². The Bertz CT molecular complexity index is 995. The van der Waals surface area contributed by atoms with Gasteiger partial charge in [-0.15, -0.1) is 0 Å². The molecule has 0 fully saturated rings. The van der Waals surface area contributed by atoms with Gasteiger partial charge in [-0.25, -0.2) is 14.4 Å². The van der Waals surface area contributed by atoms with E-state index in [-0.39, 0.29) is 29.0 Å². The van der Waals surface area contributed by atoms with Crippen molar-refractivity contribution in [3.8, 4) is 6.07 Å². The number of ether oxygens (including phenoxy) is 3. The second-order valence-corrected chi connectivity index (χ2v) is 7.81. The average molecular weight is 426 g/mol. The van der Waals surface area contributed by atoms with Gasteiger partial charge in [0.25, 0.3) is 0 Å². The molecule has 1 aliphatic rings. The summed E-state index contributed by atoms with van der Waals surface area (Å²) in [4.78, 5) is 39.1. The molecule has 1 atom stereocenters. The van der Waals surface area contributed by atoms with Crippen LogP contribution >= 0.6 is 0 Å². The van der Waals surface area contributed by atoms with E-state index in [0.717, 1.165) is 14.2 Å². The lowest BCUT2D eigenvalue weighted by atomic mass is 9.76. The average Bonchev–Trinajstić information content (AvgIpc) is 3.02. The molecule has 1 aliphatic carbocycles. The summed E-state index contributed by atoms with van der Waals surface area (Å²) >= 11 is 0. The summed E-state index contributed by atoms with van der Waals surface area (Å²) in [7, 11) is 2.30. The highest BCUT2D eigenvalue weighted by Crippen LogP contribution is 2.52. The largest absolute Gasteiger partial charge is 0.465 e. The fourth-order valence-electron chi connectivity index (χ4n) is 3.46. The standard InChI is InChI=1S/C23H26N2O6/c1-7-31-21(28)23(13-24)17(14-11-9-8-10-12-14)15(19(26)29-5)16(20(27)30-6)18(23)25-22(2,3)4/h8-12,25H,7H2,1-6H3. The predicted molar refractivity (Wildman–Crippen MR) is 112 cm³/mol. The number of benzene rings is 1. The summed E-state index contributed by atoms with van der Waals surface area (Å²) < 4.78 is 15.1. The van der Waals surface area contributed by atoms with Crippen LogP contribution < -0.4 is 5.32 Å². The molecule has 0 spiro atoms.